The lowest BCUT2D eigenvalue weighted by Crippen LogP contribution is -2.44. The Kier molecular flexibility index (Phi) is 4.69. The Labute approximate surface area is 131 Å². The van der Waals surface area contributed by atoms with Gasteiger partial charge in [-0.1, -0.05) is 11.6 Å². The molecule has 1 aromatic carbocycles. The van der Waals surface area contributed by atoms with E-state index in [2.05, 4.69) is 16.7 Å². The fourth-order valence-corrected chi connectivity index (χ4v) is 3.60. The third-order valence-electron chi connectivity index (χ3n) is 4.74. The number of halogens is 1. The van der Waals surface area contributed by atoms with Crippen molar-refractivity contribution in [3.8, 4) is 5.75 Å². The minimum absolute atomic E-state index is 0.190. The molecular formula is C16H23ClN2O2. The Balaban J connectivity index is 1.66. The van der Waals surface area contributed by atoms with Gasteiger partial charge < -0.3 is 9.84 Å². The highest BCUT2D eigenvalue weighted by atomic mass is 35.5. The molecule has 21 heavy (non-hydrogen) atoms. The lowest BCUT2D eigenvalue weighted by atomic mass is 10.1. The van der Waals surface area contributed by atoms with E-state index in [-0.39, 0.29) is 6.04 Å². The summed E-state index contributed by atoms with van der Waals surface area (Å²) in [4.78, 5) is 4.97. The molecule has 2 saturated heterocycles. The van der Waals surface area contributed by atoms with Gasteiger partial charge in [0.15, 0.2) is 0 Å². The normalized spacial score (nSPS) is 26.1. The lowest BCUT2D eigenvalue weighted by Gasteiger charge is -2.33. The second-order valence-electron chi connectivity index (χ2n) is 5.96. The van der Waals surface area contributed by atoms with Crippen molar-refractivity contribution in [3.05, 3.63) is 28.8 Å². The fraction of sp³-hybridized carbons (Fsp3) is 0.625. The summed E-state index contributed by atoms with van der Waals surface area (Å²) < 4.78 is 5.43. The zero-order chi connectivity index (χ0) is 14.8. The summed E-state index contributed by atoms with van der Waals surface area (Å²) in [5, 5.41) is 10.7. The van der Waals surface area contributed by atoms with Gasteiger partial charge >= 0.3 is 0 Å². The van der Waals surface area contributed by atoms with Crippen LogP contribution >= 0.6 is 11.6 Å². The molecule has 1 N–H and O–H groups in total. The van der Waals surface area contributed by atoms with Crippen molar-refractivity contribution in [2.24, 2.45) is 0 Å². The topological polar surface area (TPSA) is 35.9 Å². The average Bonchev–Trinajstić information content (AvgIpc) is 3.00. The number of phenolic OH excluding ortho intramolecular Hbond substituents is 1. The van der Waals surface area contributed by atoms with Gasteiger partial charge in [0, 0.05) is 48.8 Å². The quantitative estimate of drug-likeness (QED) is 0.930. The number of rotatable bonds is 3. The molecule has 1 aromatic rings. The minimum atomic E-state index is 0.190. The summed E-state index contributed by atoms with van der Waals surface area (Å²) in [5.41, 5.74) is 0.921. The molecule has 116 valence electrons. The first-order chi connectivity index (χ1) is 10.1. The van der Waals surface area contributed by atoms with E-state index in [1.54, 1.807) is 12.1 Å². The Morgan fingerprint density at radius 1 is 1.29 bits per heavy atom. The SMILES string of the molecule is CC(c1cc(Cl)ccc1O)N1CCC(N2CCOCC2)C1. The Morgan fingerprint density at radius 3 is 2.81 bits per heavy atom. The van der Waals surface area contributed by atoms with Crippen LogP contribution in [-0.4, -0.2) is 60.3 Å². The monoisotopic (exact) mass is 310 g/mol. The molecule has 0 radical (unpaired) electrons. The third kappa shape index (κ3) is 3.34. The van der Waals surface area contributed by atoms with Crippen molar-refractivity contribution in [1.29, 1.82) is 0 Å². The first-order valence-electron chi connectivity index (χ1n) is 7.69. The van der Waals surface area contributed by atoms with E-state index in [9.17, 15) is 5.11 Å². The number of hydrogen-bond acceptors (Lipinski definition) is 4. The van der Waals surface area contributed by atoms with Crippen LogP contribution in [0.2, 0.25) is 5.02 Å². The molecule has 3 rings (SSSR count). The van der Waals surface area contributed by atoms with Gasteiger partial charge in [-0.15, -0.1) is 0 Å². The number of nitrogens with zero attached hydrogens (tertiary/aromatic N) is 2. The first-order valence-corrected chi connectivity index (χ1v) is 8.07. The van der Waals surface area contributed by atoms with E-state index in [1.807, 2.05) is 6.07 Å². The van der Waals surface area contributed by atoms with Crippen LogP contribution < -0.4 is 0 Å². The zero-order valence-electron chi connectivity index (χ0n) is 12.5. The van der Waals surface area contributed by atoms with Gasteiger partial charge in [-0.25, -0.2) is 0 Å². The molecule has 2 atom stereocenters. The molecule has 2 fully saturated rings. The smallest absolute Gasteiger partial charge is 0.120 e. The molecule has 0 spiro atoms. The molecule has 2 unspecified atom stereocenters. The van der Waals surface area contributed by atoms with Gasteiger partial charge in [0.1, 0.15) is 5.75 Å². The van der Waals surface area contributed by atoms with Crippen molar-refractivity contribution in [3.63, 3.8) is 0 Å². The Hall–Kier alpha value is -0.810. The van der Waals surface area contributed by atoms with Crippen LogP contribution in [0.4, 0.5) is 0 Å². The lowest BCUT2D eigenvalue weighted by molar-refractivity contribution is 0.0177. The third-order valence-corrected chi connectivity index (χ3v) is 4.98. The van der Waals surface area contributed by atoms with Gasteiger partial charge in [-0.05, 0) is 31.5 Å². The summed E-state index contributed by atoms with van der Waals surface area (Å²) in [6.45, 7) is 8.03. The van der Waals surface area contributed by atoms with Gasteiger partial charge in [-0.3, -0.25) is 9.80 Å². The standard InChI is InChI=1S/C16H23ClN2O2/c1-12(15-10-13(17)2-3-16(15)20)19-5-4-14(11-19)18-6-8-21-9-7-18/h2-3,10,12,14,20H,4-9,11H2,1H3. The Bertz CT molecular complexity index is 491. The van der Waals surface area contributed by atoms with Crippen LogP contribution in [0.15, 0.2) is 18.2 Å². The van der Waals surface area contributed by atoms with Crippen molar-refractivity contribution in [1.82, 2.24) is 9.80 Å². The molecular weight excluding hydrogens is 288 g/mol. The van der Waals surface area contributed by atoms with Crippen molar-refractivity contribution < 1.29 is 9.84 Å². The number of hydrogen-bond donors (Lipinski definition) is 1. The molecule has 2 heterocycles. The number of likely N-dealkylation sites (tertiary alicyclic amines) is 1. The Morgan fingerprint density at radius 2 is 2.05 bits per heavy atom. The van der Waals surface area contributed by atoms with E-state index < -0.39 is 0 Å². The molecule has 5 heteroatoms. The van der Waals surface area contributed by atoms with Crippen molar-refractivity contribution >= 4 is 11.6 Å². The van der Waals surface area contributed by atoms with Crippen LogP contribution in [0, 0.1) is 0 Å². The zero-order valence-corrected chi connectivity index (χ0v) is 13.2. The van der Waals surface area contributed by atoms with E-state index >= 15 is 0 Å². The van der Waals surface area contributed by atoms with Crippen LogP contribution in [0.25, 0.3) is 0 Å². The highest BCUT2D eigenvalue weighted by Crippen LogP contribution is 2.33. The average molecular weight is 311 g/mol. The summed E-state index contributed by atoms with van der Waals surface area (Å²) in [5.74, 6) is 0.335. The van der Waals surface area contributed by atoms with Gasteiger partial charge in [0.2, 0.25) is 0 Å². The summed E-state index contributed by atoms with van der Waals surface area (Å²) in [6.07, 6.45) is 1.19. The van der Waals surface area contributed by atoms with Gasteiger partial charge in [0.25, 0.3) is 0 Å². The molecule has 0 saturated carbocycles. The second kappa shape index (κ2) is 6.53. The minimum Gasteiger partial charge on any atom is -0.508 e. The van der Waals surface area contributed by atoms with Crippen molar-refractivity contribution in [2.75, 3.05) is 39.4 Å². The maximum atomic E-state index is 10.1. The van der Waals surface area contributed by atoms with E-state index in [1.165, 1.54) is 6.42 Å². The molecule has 2 aliphatic rings. The maximum Gasteiger partial charge on any atom is 0.120 e. The molecule has 2 aliphatic heterocycles. The first kappa shape index (κ1) is 15.1. The number of benzene rings is 1. The predicted octanol–water partition coefficient (Wildman–Crippen LogP) is 2.51. The predicted molar refractivity (Wildman–Crippen MR) is 83.9 cm³/mol. The highest BCUT2D eigenvalue weighted by molar-refractivity contribution is 6.30. The van der Waals surface area contributed by atoms with Crippen LogP contribution in [0.1, 0.15) is 24.9 Å². The number of morpholine rings is 1. The molecule has 0 aromatic heterocycles. The fourth-order valence-electron chi connectivity index (χ4n) is 3.42. The molecule has 0 amide bonds. The van der Waals surface area contributed by atoms with E-state index in [0.29, 0.717) is 16.8 Å². The number of aromatic hydroxyl groups is 1. The molecule has 4 nitrogen and oxygen atoms in total. The molecule has 0 aliphatic carbocycles. The van der Waals surface area contributed by atoms with Crippen LogP contribution in [-0.2, 0) is 4.74 Å². The van der Waals surface area contributed by atoms with Crippen LogP contribution in [0.3, 0.4) is 0 Å². The maximum absolute atomic E-state index is 10.1. The van der Waals surface area contributed by atoms with Gasteiger partial charge in [0.05, 0.1) is 13.2 Å². The summed E-state index contributed by atoms with van der Waals surface area (Å²) >= 11 is 6.07. The van der Waals surface area contributed by atoms with Crippen LogP contribution in [0.5, 0.6) is 5.75 Å². The molecule has 0 bridgehead atoms. The van der Waals surface area contributed by atoms with E-state index in [4.69, 9.17) is 16.3 Å². The summed E-state index contributed by atoms with van der Waals surface area (Å²) in [6, 6.07) is 6.09. The van der Waals surface area contributed by atoms with Gasteiger partial charge in [-0.2, -0.15) is 0 Å². The largest absolute Gasteiger partial charge is 0.508 e. The number of ether oxygens (including phenoxy) is 1. The second-order valence-corrected chi connectivity index (χ2v) is 6.40. The number of phenols is 1. The highest BCUT2D eigenvalue weighted by Gasteiger charge is 2.32. The van der Waals surface area contributed by atoms with Crippen molar-refractivity contribution in [2.45, 2.75) is 25.4 Å². The van der Waals surface area contributed by atoms with E-state index in [0.717, 1.165) is 45.0 Å². The summed E-state index contributed by atoms with van der Waals surface area (Å²) in [7, 11) is 0.